The van der Waals surface area contributed by atoms with Gasteiger partial charge in [-0.15, -0.1) is 0 Å². The average Bonchev–Trinajstić information content (AvgIpc) is 3.19. The Morgan fingerprint density at radius 3 is 2.79 bits per heavy atom. The summed E-state index contributed by atoms with van der Waals surface area (Å²) in [6, 6.07) is 2.01. The molecule has 130 valence electrons. The number of H-pyrrole nitrogens is 1. The van der Waals surface area contributed by atoms with Gasteiger partial charge in [-0.1, -0.05) is 13.8 Å². The van der Waals surface area contributed by atoms with Crippen molar-refractivity contribution in [1.29, 1.82) is 0 Å². The number of carbonyl (C=O) groups is 1. The fraction of sp³-hybridized carbons (Fsp3) is 0.611. The highest BCUT2D eigenvalue weighted by Gasteiger charge is 2.34. The molecule has 0 aliphatic carbocycles. The fourth-order valence-electron chi connectivity index (χ4n) is 3.74. The first-order chi connectivity index (χ1) is 11.4. The van der Waals surface area contributed by atoms with Crippen LogP contribution in [-0.4, -0.2) is 37.3 Å². The van der Waals surface area contributed by atoms with Crippen molar-refractivity contribution in [2.45, 2.75) is 53.0 Å². The molecule has 0 bridgehead atoms. The Morgan fingerprint density at radius 1 is 1.42 bits per heavy atom. The third kappa shape index (κ3) is 2.97. The number of aromatic amines is 1. The molecule has 3 heterocycles. The van der Waals surface area contributed by atoms with Crippen LogP contribution in [0.4, 0.5) is 0 Å². The molecule has 6 heteroatoms. The first-order valence-electron chi connectivity index (χ1n) is 8.73. The van der Waals surface area contributed by atoms with Crippen molar-refractivity contribution < 1.29 is 4.79 Å². The fourth-order valence-corrected chi connectivity index (χ4v) is 3.74. The highest BCUT2D eigenvalue weighted by Crippen LogP contribution is 2.36. The summed E-state index contributed by atoms with van der Waals surface area (Å²) >= 11 is 0. The summed E-state index contributed by atoms with van der Waals surface area (Å²) in [4.78, 5) is 14.9. The highest BCUT2D eigenvalue weighted by atomic mass is 16.2. The van der Waals surface area contributed by atoms with Crippen molar-refractivity contribution in [3.63, 3.8) is 0 Å². The summed E-state index contributed by atoms with van der Waals surface area (Å²) in [5.41, 5.74) is 4.90. The first kappa shape index (κ1) is 16.7. The lowest BCUT2D eigenvalue weighted by atomic mass is 10.0. The number of carbonyl (C=O) groups excluding carboxylic acids is 1. The van der Waals surface area contributed by atoms with E-state index < -0.39 is 0 Å². The number of hydrogen-bond donors (Lipinski definition) is 1. The predicted molar refractivity (Wildman–Crippen MR) is 92.8 cm³/mol. The van der Waals surface area contributed by atoms with Gasteiger partial charge in [-0.3, -0.25) is 14.6 Å². The molecule has 1 aliphatic heterocycles. The van der Waals surface area contributed by atoms with Gasteiger partial charge in [0.15, 0.2) is 0 Å². The SMILES string of the molecule is Cc1nn(C)c(C)c1C1CCCN1C(=O)c1cc(CC(C)C)[nH]n1. The number of nitrogens with one attached hydrogen (secondary N) is 1. The van der Waals surface area contributed by atoms with Crippen LogP contribution in [0.25, 0.3) is 0 Å². The monoisotopic (exact) mass is 329 g/mol. The molecule has 2 aromatic rings. The zero-order chi connectivity index (χ0) is 17.4. The van der Waals surface area contributed by atoms with E-state index in [1.54, 1.807) is 0 Å². The van der Waals surface area contributed by atoms with Gasteiger partial charge in [0.25, 0.3) is 5.91 Å². The lowest BCUT2D eigenvalue weighted by Gasteiger charge is -2.24. The molecular formula is C18H27N5O. The number of rotatable bonds is 4. The Balaban J connectivity index is 1.85. The lowest BCUT2D eigenvalue weighted by molar-refractivity contribution is 0.0729. The summed E-state index contributed by atoms with van der Waals surface area (Å²) in [5, 5.41) is 11.8. The molecule has 6 nitrogen and oxygen atoms in total. The molecule has 0 aromatic carbocycles. The topological polar surface area (TPSA) is 66.8 Å². The Kier molecular flexibility index (Phi) is 4.47. The summed E-state index contributed by atoms with van der Waals surface area (Å²) in [5.74, 6) is 0.556. The van der Waals surface area contributed by atoms with Gasteiger partial charge in [-0.25, -0.2) is 0 Å². The van der Waals surface area contributed by atoms with E-state index in [4.69, 9.17) is 0 Å². The predicted octanol–water partition coefficient (Wildman–Crippen LogP) is 2.94. The van der Waals surface area contributed by atoms with Crippen molar-refractivity contribution in [2.75, 3.05) is 6.54 Å². The van der Waals surface area contributed by atoms with Crippen LogP contribution in [0.3, 0.4) is 0 Å². The second kappa shape index (κ2) is 6.42. The van der Waals surface area contributed by atoms with E-state index in [-0.39, 0.29) is 11.9 Å². The number of aryl methyl sites for hydroxylation is 2. The zero-order valence-corrected chi connectivity index (χ0v) is 15.3. The van der Waals surface area contributed by atoms with Crippen LogP contribution in [0.5, 0.6) is 0 Å². The standard InChI is InChI=1S/C18H27N5O/c1-11(2)9-14-10-15(20-19-14)18(24)23-8-6-7-16(23)17-12(3)21-22(5)13(17)4/h10-11,16H,6-9H2,1-5H3,(H,19,20). The van der Waals surface area contributed by atoms with Gasteiger partial charge in [-0.2, -0.15) is 10.2 Å². The van der Waals surface area contributed by atoms with E-state index in [0.717, 1.165) is 42.9 Å². The molecule has 1 aliphatic rings. The Bertz CT molecular complexity index is 743. The van der Waals surface area contributed by atoms with Crippen LogP contribution in [0.15, 0.2) is 6.07 Å². The van der Waals surface area contributed by atoms with Crippen molar-refractivity contribution in [2.24, 2.45) is 13.0 Å². The number of amides is 1. The average molecular weight is 329 g/mol. The molecule has 1 N–H and O–H groups in total. The lowest BCUT2D eigenvalue weighted by Crippen LogP contribution is -2.31. The molecule has 2 aromatic heterocycles. The molecular weight excluding hydrogens is 302 g/mol. The smallest absolute Gasteiger partial charge is 0.274 e. The third-order valence-electron chi connectivity index (χ3n) is 4.89. The van der Waals surface area contributed by atoms with Crippen LogP contribution >= 0.6 is 0 Å². The maximum atomic E-state index is 13.0. The van der Waals surface area contributed by atoms with Crippen molar-refractivity contribution in [3.8, 4) is 0 Å². The minimum atomic E-state index is 0.0198. The van der Waals surface area contributed by atoms with E-state index in [2.05, 4.69) is 36.1 Å². The minimum absolute atomic E-state index is 0.0198. The van der Waals surface area contributed by atoms with E-state index in [1.165, 1.54) is 5.56 Å². The maximum absolute atomic E-state index is 13.0. The Hall–Kier alpha value is -2.11. The molecule has 3 rings (SSSR count). The van der Waals surface area contributed by atoms with E-state index in [0.29, 0.717) is 11.6 Å². The summed E-state index contributed by atoms with van der Waals surface area (Å²) in [6.07, 6.45) is 2.92. The van der Waals surface area contributed by atoms with Crippen LogP contribution in [-0.2, 0) is 13.5 Å². The van der Waals surface area contributed by atoms with Crippen LogP contribution < -0.4 is 0 Å². The quantitative estimate of drug-likeness (QED) is 0.938. The van der Waals surface area contributed by atoms with Crippen LogP contribution in [0.2, 0.25) is 0 Å². The Morgan fingerprint density at radius 2 is 2.17 bits per heavy atom. The largest absolute Gasteiger partial charge is 0.330 e. The van der Waals surface area contributed by atoms with E-state index in [9.17, 15) is 4.79 Å². The normalized spacial score (nSPS) is 17.9. The van der Waals surface area contributed by atoms with E-state index >= 15 is 0 Å². The number of aromatic nitrogens is 4. The second-order valence-electron chi connectivity index (χ2n) is 7.24. The molecule has 0 saturated carbocycles. The van der Waals surface area contributed by atoms with Gasteiger partial charge < -0.3 is 4.90 Å². The van der Waals surface area contributed by atoms with Crippen molar-refractivity contribution in [3.05, 3.63) is 34.4 Å². The molecule has 0 spiro atoms. The van der Waals surface area contributed by atoms with Crippen LogP contribution in [0.1, 0.15) is 65.9 Å². The minimum Gasteiger partial charge on any atom is -0.330 e. The van der Waals surface area contributed by atoms with E-state index in [1.807, 2.05) is 29.6 Å². The number of hydrogen-bond acceptors (Lipinski definition) is 3. The van der Waals surface area contributed by atoms with Crippen molar-refractivity contribution >= 4 is 5.91 Å². The number of likely N-dealkylation sites (tertiary alicyclic amines) is 1. The van der Waals surface area contributed by atoms with Gasteiger partial charge in [0.2, 0.25) is 0 Å². The summed E-state index contributed by atoms with van der Waals surface area (Å²) < 4.78 is 1.90. The third-order valence-corrected chi connectivity index (χ3v) is 4.89. The molecule has 1 unspecified atom stereocenters. The molecule has 24 heavy (non-hydrogen) atoms. The number of nitrogens with zero attached hydrogens (tertiary/aromatic N) is 4. The zero-order valence-electron chi connectivity index (χ0n) is 15.3. The van der Waals surface area contributed by atoms with Gasteiger partial charge in [0.05, 0.1) is 11.7 Å². The van der Waals surface area contributed by atoms with Crippen LogP contribution in [0, 0.1) is 19.8 Å². The van der Waals surface area contributed by atoms with Gasteiger partial charge in [-0.05, 0) is 45.1 Å². The van der Waals surface area contributed by atoms with Gasteiger partial charge in [0.1, 0.15) is 5.69 Å². The molecule has 1 atom stereocenters. The molecule has 0 radical (unpaired) electrons. The summed E-state index contributed by atoms with van der Waals surface area (Å²) in [6.45, 7) is 9.20. The molecule has 1 amide bonds. The maximum Gasteiger partial charge on any atom is 0.274 e. The van der Waals surface area contributed by atoms with Crippen molar-refractivity contribution in [1.82, 2.24) is 24.9 Å². The molecule has 1 saturated heterocycles. The second-order valence-corrected chi connectivity index (χ2v) is 7.24. The van der Waals surface area contributed by atoms with Gasteiger partial charge in [0, 0.05) is 30.5 Å². The van der Waals surface area contributed by atoms with Gasteiger partial charge >= 0.3 is 0 Å². The molecule has 1 fully saturated rings. The highest BCUT2D eigenvalue weighted by molar-refractivity contribution is 5.93. The Labute approximate surface area is 143 Å². The first-order valence-corrected chi connectivity index (χ1v) is 8.73. The summed E-state index contributed by atoms with van der Waals surface area (Å²) in [7, 11) is 1.96.